The SMILES string of the molecule is Cc1cc(N2CCC(O)C2)ccc1CNC(C)(C)C. The van der Waals surface area contributed by atoms with Crippen molar-refractivity contribution in [1.29, 1.82) is 0 Å². The van der Waals surface area contributed by atoms with Crippen LogP contribution < -0.4 is 10.2 Å². The van der Waals surface area contributed by atoms with Gasteiger partial charge in [-0.15, -0.1) is 0 Å². The monoisotopic (exact) mass is 262 g/mol. The van der Waals surface area contributed by atoms with Crippen molar-refractivity contribution >= 4 is 5.69 Å². The molecule has 0 radical (unpaired) electrons. The molecular weight excluding hydrogens is 236 g/mol. The lowest BCUT2D eigenvalue weighted by Gasteiger charge is -2.23. The maximum atomic E-state index is 9.61. The summed E-state index contributed by atoms with van der Waals surface area (Å²) in [5.74, 6) is 0. The summed E-state index contributed by atoms with van der Waals surface area (Å²) >= 11 is 0. The summed E-state index contributed by atoms with van der Waals surface area (Å²) in [6.07, 6.45) is 0.717. The van der Waals surface area contributed by atoms with Crippen molar-refractivity contribution < 1.29 is 5.11 Å². The molecule has 1 saturated heterocycles. The van der Waals surface area contributed by atoms with Gasteiger partial charge in [0, 0.05) is 30.9 Å². The first-order valence-corrected chi connectivity index (χ1v) is 7.13. The maximum absolute atomic E-state index is 9.61. The summed E-state index contributed by atoms with van der Waals surface area (Å²) < 4.78 is 0. The fourth-order valence-electron chi connectivity index (χ4n) is 2.41. The van der Waals surface area contributed by atoms with E-state index in [2.05, 4.69) is 56.1 Å². The smallest absolute Gasteiger partial charge is 0.0731 e. The molecule has 0 amide bonds. The van der Waals surface area contributed by atoms with E-state index in [4.69, 9.17) is 0 Å². The third kappa shape index (κ3) is 3.95. The van der Waals surface area contributed by atoms with Gasteiger partial charge in [-0.3, -0.25) is 0 Å². The second-order valence-corrected chi connectivity index (χ2v) is 6.60. The Bertz CT molecular complexity index is 437. The highest BCUT2D eigenvalue weighted by molar-refractivity contribution is 5.51. The number of rotatable bonds is 3. The van der Waals surface area contributed by atoms with Gasteiger partial charge in [-0.25, -0.2) is 0 Å². The van der Waals surface area contributed by atoms with Crippen molar-refractivity contribution in [2.45, 2.75) is 52.3 Å². The molecule has 19 heavy (non-hydrogen) atoms. The van der Waals surface area contributed by atoms with Gasteiger partial charge in [0.15, 0.2) is 0 Å². The van der Waals surface area contributed by atoms with E-state index in [1.165, 1.54) is 16.8 Å². The summed E-state index contributed by atoms with van der Waals surface area (Å²) in [6, 6.07) is 6.61. The molecule has 1 aliphatic heterocycles. The second kappa shape index (κ2) is 5.51. The predicted molar refractivity (Wildman–Crippen MR) is 80.6 cm³/mol. The molecule has 1 fully saturated rings. The topological polar surface area (TPSA) is 35.5 Å². The Hall–Kier alpha value is -1.06. The molecule has 0 aromatic heterocycles. The number of aryl methyl sites for hydroxylation is 1. The number of aliphatic hydroxyl groups excluding tert-OH is 1. The van der Waals surface area contributed by atoms with Crippen LogP contribution in [0.3, 0.4) is 0 Å². The minimum absolute atomic E-state index is 0.143. The molecule has 3 nitrogen and oxygen atoms in total. The second-order valence-electron chi connectivity index (χ2n) is 6.60. The standard InChI is InChI=1S/C16H26N2O/c1-12-9-14(18-8-7-15(19)11-18)6-5-13(12)10-17-16(2,3)4/h5-6,9,15,17,19H,7-8,10-11H2,1-4H3. The van der Waals surface area contributed by atoms with Gasteiger partial charge in [0.25, 0.3) is 0 Å². The minimum atomic E-state index is -0.164. The largest absolute Gasteiger partial charge is 0.391 e. The van der Waals surface area contributed by atoms with Crippen molar-refractivity contribution in [3.05, 3.63) is 29.3 Å². The zero-order chi connectivity index (χ0) is 14.0. The molecule has 0 bridgehead atoms. The van der Waals surface area contributed by atoms with E-state index in [1.807, 2.05) is 0 Å². The number of β-amino-alcohol motifs (C(OH)–C–C–N with tert-alkyl or cyclic N) is 1. The lowest BCUT2D eigenvalue weighted by atomic mass is 10.0. The average Bonchev–Trinajstić information content (AvgIpc) is 2.73. The molecule has 1 aromatic carbocycles. The van der Waals surface area contributed by atoms with E-state index in [9.17, 15) is 5.11 Å². The third-order valence-electron chi connectivity index (χ3n) is 3.66. The zero-order valence-electron chi connectivity index (χ0n) is 12.5. The summed E-state index contributed by atoms with van der Waals surface area (Å²) in [5, 5.41) is 13.1. The number of aliphatic hydroxyl groups is 1. The van der Waals surface area contributed by atoms with Crippen LogP contribution in [-0.2, 0) is 6.54 Å². The molecule has 0 saturated carbocycles. The highest BCUT2D eigenvalue weighted by atomic mass is 16.3. The number of nitrogens with one attached hydrogen (secondary N) is 1. The van der Waals surface area contributed by atoms with Crippen LogP contribution in [0.4, 0.5) is 5.69 Å². The normalized spacial score (nSPS) is 20.1. The van der Waals surface area contributed by atoms with Crippen LogP contribution in [-0.4, -0.2) is 29.8 Å². The van der Waals surface area contributed by atoms with E-state index in [0.717, 1.165) is 26.1 Å². The molecule has 1 aliphatic rings. The Morgan fingerprint density at radius 3 is 2.63 bits per heavy atom. The maximum Gasteiger partial charge on any atom is 0.0731 e. The third-order valence-corrected chi connectivity index (χ3v) is 3.66. The lowest BCUT2D eigenvalue weighted by Crippen LogP contribution is -2.35. The summed E-state index contributed by atoms with van der Waals surface area (Å²) in [4.78, 5) is 2.26. The lowest BCUT2D eigenvalue weighted by molar-refractivity contribution is 0.198. The van der Waals surface area contributed by atoms with E-state index >= 15 is 0 Å². The van der Waals surface area contributed by atoms with Crippen LogP contribution in [0.2, 0.25) is 0 Å². The highest BCUT2D eigenvalue weighted by Gasteiger charge is 2.20. The van der Waals surface area contributed by atoms with Crippen LogP contribution >= 0.6 is 0 Å². The van der Waals surface area contributed by atoms with E-state index in [-0.39, 0.29) is 11.6 Å². The molecule has 0 spiro atoms. The number of hydrogen-bond acceptors (Lipinski definition) is 3. The fraction of sp³-hybridized carbons (Fsp3) is 0.625. The Balaban J connectivity index is 2.05. The molecule has 2 rings (SSSR count). The highest BCUT2D eigenvalue weighted by Crippen LogP contribution is 2.23. The van der Waals surface area contributed by atoms with Gasteiger partial charge in [0.1, 0.15) is 0 Å². The Morgan fingerprint density at radius 1 is 1.37 bits per heavy atom. The van der Waals surface area contributed by atoms with Gasteiger partial charge < -0.3 is 15.3 Å². The van der Waals surface area contributed by atoms with E-state index in [1.54, 1.807) is 0 Å². The summed E-state index contributed by atoms with van der Waals surface area (Å²) in [6.45, 7) is 11.3. The molecule has 2 N–H and O–H groups in total. The average molecular weight is 262 g/mol. The van der Waals surface area contributed by atoms with Crippen LogP contribution in [0.25, 0.3) is 0 Å². The number of benzene rings is 1. The zero-order valence-corrected chi connectivity index (χ0v) is 12.5. The van der Waals surface area contributed by atoms with Crippen molar-refractivity contribution in [1.82, 2.24) is 5.32 Å². The first-order valence-electron chi connectivity index (χ1n) is 7.13. The van der Waals surface area contributed by atoms with Gasteiger partial charge in [0.05, 0.1) is 6.10 Å². The quantitative estimate of drug-likeness (QED) is 0.878. The molecular formula is C16H26N2O. The summed E-state index contributed by atoms with van der Waals surface area (Å²) in [7, 11) is 0. The number of nitrogens with zero attached hydrogens (tertiary/aromatic N) is 1. The van der Waals surface area contributed by atoms with Crippen molar-refractivity contribution in [2.24, 2.45) is 0 Å². The van der Waals surface area contributed by atoms with Gasteiger partial charge in [-0.05, 0) is 57.4 Å². The van der Waals surface area contributed by atoms with E-state index < -0.39 is 0 Å². The first-order chi connectivity index (χ1) is 8.85. The number of anilines is 1. The van der Waals surface area contributed by atoms with Crippen molar-refractivity contribution in [3.8, 4) is 0 Å². The Kier molecular flexibility index (Phi) is 4.16. The van der Waals surface area contributed by atoms with Gasteiger partial charge in [-0.1, -0.05) is 6.07 Å². The van der Waals surface area contributed by atoms with Gasteiger partial charge in [0.2, 0.25) is 0 Å². The van der Waals surface area contributed by atoms with Crippen molar-refractivity contribution in [3.63, 3.8) is 0 Å². The molecule has 1 atom stereocenters. The van der Waals surface area contributed by atoms with Crippen LogP contribution in [0.1, 0.15) is 38.3 Å². The van der Waals surface area contributed by atoms with Crippen LogP contribution in [0.15, 0.2) is 18.2 Å². The summed E-state index contributed by atoms with van der Waals surface area (Å²) in [5.41, 5.74) is 4.03. The fourth-order valence-corrected chi connectivity index (χ4v) is 2.41. The molecule has 1 aromatic rings. The minimum Gasteiger partial charge on any atom is -0.391 e. The molecule has 0 aliphatic carbocycles. The van der Waals surface area contributed by atoms with Crippen LogP contribution in [0.5, 0.6) is 0 Å². The Labute approximate surface area is 116 Å². The molecule has 106 valence electrons. The van der Waals surface area contributed by atoms with E-state index in [0.29, 0.717) is 0 Å². The molecule has 3 heteroatoms. The number of hydrogen-bond donors (Lipinski definition) is 2. The predicted octanol–water partition coefficient (Wildman–Crippen LogP) is 2.45. The molecule has 1 heterocycles. The van der Waals surface area contributed by atoms with Gasteiger partial charge in [-0.2, -0.15) is 0 Å². The van der Waals surface area contributed by atoms with Crippen molar-refractivity contribution in [2.75, 3.05) is 18.0 Å². The van der Waals surface area contributed by atoms with Gasteiger partial charge >= 0.3 is 0 Å². The van der Waals surface area contributed by atoms with Crippen LogP contribution in [0, 0.1) is 6.92 Å². The first kappa shape index (κ1) is 14.4. The molecule has 1 unspecified atom stereocenters. The Morgan fingerprint density at radius 2 is 2.11 bits per heavy atom.